The van der Waals surface area contributed by atoms with E-state index in [2.05, 4.69) is 22.5 Å². The lowest BCUT2D eigenvalue weighted by molar-refractivity contribution is -0.376. The molecule has 12 heteroatoms. The molecule has 5 fully saturated rings. The maximum Gasteiger partial charge on any atom is 0.256 e. The number of benzene rings is 2. The van der Waals surface area contributed by atoms with Gasteiger partial charge in [0.25, 0.3) is 11.8 Å². The molecule has 4 N–H and O–H groups in total. The van der Waals surface area contributed by atoms with Gasteiger partial charge in [0, 0.05) is 44.7 Å². The third-order valence-corrected chi connectivity index (χ3v) is 13.3. The molecule has 8 atom stereocenters. The minimum absolute atomic E-state index is 0.0680. The van der Waals surface area contributed by atoms with E-state index in [-0.39, 0.29) is 48.0 Å². The van der Waals surface area contributed by atoms with Crippen LogP contribution in [0.5, 0.6) is 0 Å². The number of ether oxygens (including phenoxy) is 2. The summed E-state index contributed by atoms with van der Waals surface area (Å²) >= 11 is 0. The van der Waals surface area contributed by atoms with Crippen LogP contribution >= 0.6 is 0 Å². The number of anilines is 1. The summed E-state index contributed by atoms with van der Waals surface area (Å²) in [6.45, 7) is 9.19. The SMILES string of the molecule is CCC1(c2ccc(NC(=O)c3ccccc3C(=O)N3CCN(CCCC4OC5OC(C)(O)CCC6CCCC(C4C)C65O)CC3)cc2)CCC(=O)NC1=O. The van der Waals surface area contributed by atoms with Crippen molar-refractivity contribution in [3.63, 3.8) is 0 Å². The highest BCUT2D eigenvalue weighted by Gasteiger charge is 2.61. The second-order valence-electron chi connectivity index (χ2n) is 16.5. The standard InChI is InChI=1S/C42H56N4O8/c1-4-41(21-19-35(47)44-38(41)50)28-14-16-30(17-15-28)43-36(48)31-10-5-6-11-32(31)37(49)46-25-23-45(24-26-46)22-8-13-34-27(2)33-12-7-9-29-18-20-40(3,51)54-39(53-34)42(29,33)52/h5-6,10-11,14-17,27,29,33-34,39,51-52H,4,7-9,12-13,18-26H2,1-3H3,(H,43,48)(H,44,47,50). The van der Waals surface area contributed by atoms with Crippen LogP contribution in [0, 0.1) is 17.8 Å². The molecule has 0 bridgehead atoms. The van der Waals surface area contributed by atoms with Gasteiger partial charge in [-0.3, -0.25) is 29.4 Å². The number of piperazine rings is 1. The van der Waals surface area contributed by atoms with E-state index in [4.69, 9.17) is 9.47 Å². The number of aliphatic hydroxyl groups is 2. The van der Waals surface area contributed by atoms with Crippen molar-refractivity contribution in [2.75, 3.05) is 38.0 Å². The van der Waals surface area contributed by atoms with Gasteiger partial charge in [-0.1, -0.05) is 44.5 Å². The molecule has 2 aromatic rings. The summed E-state index contributed by atoms with van der Waals surface area (Å²) in [5, 5.41) is 28.2. The van der Waals surface area contributed by atoms with Gasteiger partial charge in [-0.25, -0.2) is 0 Å². The molecule has 2 aromatic carbocycles. The van der Waals surface area contributed by atoms with Crippen molar-refractivity contribution < 1.29 is 38.9 Å². The minimum atomic E-state index is -1.32. The van der Waals surface area contributed by atoms with Crippen molar-refractivity contribution in [1.82, 2.24) is 15.1 Å². The van der Waals surface area contributed by atoms with E-state index in [0.717, 1.165) is 63.7 Å². The Hall–Kier alpha value is -3.68. The molecule has 1 saturated carbocycles. The molecule has 0 radical (unpaired) electrons. The van der Waals surface area contributed by atoms with E-state index < -0.39 is 29.0 Å². The van der Waals surface area contributed by atoms with E-state index in [1.54, 1.807) is 43.3 Å². The van der Waals surface area contributed by atoms with Crippen LogP contribution in [0.15, 0.2) is 48.5 Å². The van der Waals surface area contributed by atoms with Crippen LogP contribution in [0.1, 0.15) is 111 Å². The van der Waals surface area contributed by atoms with Gasteiger partial charge in [-0.2, -0.15) is 0 Å². The quantitative estimate of drug-likeness (QED) is 0.270. The second-order valence-corrected chi connectivity index (χ2v) is 16.5. The summed E-state index contributed by atoms with van der Waals surface area (Å²) in [6.07, 6.45) is 6.24. The van der Waals surface area contributed by atoms with Gasteiger partial charge in [0.05, 0.1) is 22.6 Å². The van der Waals surface area contributed by atoms with Crippen LogP contribution in [0.4, 0.5) is 5.69 Å². The van der Waals surface area contributed by atoms with Gasteiger partial charge < -0.3 is 29.9 Å². The fourth-order valence-electron chi connectivity index (χ4n) is 9.98. The van der Waals surface area contributed by atoms with Crippen molar-refractivity contribution in [2.24, 2.45) is 17.8 Å². The van der Waals surface area contributed by atoms with E-state index >= 15 is 0 Å². The number of nitrogens with zero attached hydrogens (tertiary/aromatic N) is 2. The number of hydrogen-bond acceptors (Lipinski definition) is 9. The molecule has 4 aliphatic heterocycles. The van der Waals surface area contributed by atoms with Crippen molar-refractivity contribution in [1.29, 1.82) is 0 Å². The highest BCUT2D eigenvalue weighted by atomic mass is 16.8. The molecule has 4 amide bonds. The largest absolute Gasteiger partial charge is 0.384 e. The average molecular weight is 745 g/mol. The number of imide groups is 1. The third kappa shape index (κ3) is 7.35. The average Bonchev–Trinajstić information content (AvgIpc) is 3.26. The Kier molecular flexibility index (Phi) is 11.0. The smallest absolute Gasteiger partial charge is 0.256 e. The second kappa shape index (κ2) is 15.5. The fourth-order valence-corrected chi connectivity index (χ4v) is 9.98. The molecule has 7 rings (SSSR count). The monoisotopic (exact) mass is 744 g/mol. The Morgan fingerprint density at radius 3 is 2.39 bits per heavy atom. The predicted molar refractivity (Wildman–Crippen MR) is 201 cm³/mol. The Bertz CT molecular complexity index is 1720. The van der Waals surface area contributed by atoms with E-state index in [9.17, 15) is 29.4 Å². The normalized spacial score (nSPS) is 34.4. The van der Waals surface area contributed by atoms with E-state index in [1.807, 2.05) is 24.0 Å². The zero-order chi connectivity index (χ0) is 38.3. The summed E-state index contributed by atoms with van der Waals surface area (Å²) < 4.78 is 12.6. The van der Waals surface area contributed by atoms with Gasteiger partial charge in [0.1, 0.15) is 5.60 Å². The van der Waals surface area contributed by atoms with Gasteiger partial charge >= 0.3 is 0 Å². The van der Waals surface area contributed by atoms with Crippen LogP contribution < -0.4 is 10.6 Å². The number of nitrogens with one attached hydrogen (secondary N) is 2. The van der Waals surface area contributed by atoms with Gasteiger partial charge in [-0.05, 0) is 106 Å². The lowest BCUT2D eigenvalue weighted by Crippen LogP contribution is -2.65. The number of rotatable bonds is 9. The molecule has 0 spiro atoms. The number of amides is 4. The molecule has 0 aromatic heterocycles. The Morgan fingerprint density at radius 2 is 1.69 bits per heavy atom. The molecule has 1 aliphatic carbocycles. The maximum atomic E-state index is 13.8. The minimum Gasteiger partial charge on any atom is -0.384 e. The maximum absolute atomic E-state index is 13.8. The first-order chi connectivity index (χ1) is 25.8. The summed E-state index contributed by atoms with van der Waals surface area (Å²) in [6, 6.07) is 14.0. The van der Waals surface area contributed by atoms with Gasteiger partial charge in [0.2, 0.25) is 11.8 Å². The number of hydrogen-bond donors (Lipinski definition) is 4. The first kappa shape index (κ1) is 38.6. The molecule has 12 nitrogen and oxygen atoms in total. The Balaban J connectivity index is 0.917. The van der Waals surface area contributed by atoms with Crippen LogP contribution in [-0.4, -0.2) is 100 Å². The van der Waals surface area contributed by atoms with Crippen molar-refractivity contribution in [3.8, 4) is 0 Å². The topological polar surface area (TPSA) is 158 Å². The molecule has 8 unspecified atom stereocenters. The molecular weight excluding hydrogens is 688 g/mol. The van der Waals surface area contributed by atoms with Crippen LogP contribution in [0.3, 0.4) is 0 Å². The van der Waals surface area contributed by atoms with E-state index in [1.165, 1.54) is 0 Å². The number of carbonyl (C=O) groups excluding carboxylic acids is 4. The third-order valence-electron chi connectivity index (χ3n) is 13.3. The first-order valence-electron chi connectivity index (χ1n) is 20.0. The first-order valence-corrected chi connectivity index (χ1v) is 20.0. The Morgan fingerprint density at radius 1 is 0.963 bits per heavy atom. The lowest BCUT2D eigenvalue weighted by Gasteiger charge is -2.56. The Labute approximate surface area is 317 Å². The summed E-state index contributed by atoms with van der Waals surface area (Å²) in [5.74, 6) is -2.12. The van der Waals surface area contributed by atoms with Crippen molar-refractivity contribution >= 4 is 29.3 Å². The van der Waals surface area contributed by atoms with E-state index in [0.29, 0.717) is 49.2 Å². The molecule has 4 saturated heterocycles. The predicted octanol–water partition coefficient (Wildman–Crippen LogP) is 4.59. The lowest BCUT2D eigenvalue weighted by atomic mass is 9.60. The zero-order valence-corrected chi connectivity index (χ0v) is 31.9. The molecule has 4 heterocycles. The molecule has 292 valence electrons. The van der Waals surface area contributed by atoms with Crippen LogP contribution in [0.2, 0.25) is 0 Å². The van der Waals surface area contributed by atoms with Crippen LogP contribution in [0.25, 0.3) is 0 Å². The zero-order valence-electron chi connectivity index (χ0n) is 31.9. The highest BCUT2D eigenvalue weighted by Crippen LogP contribution is 2.54. The molecular formula is C42H56N4O8. The van der Waals surface area contributed by atoms with Crippen LogP contribution in [-0.2, 0) is 24.5 Å². The number of carbonyl (C=O) groups is 4. The van der Waals surface area contributed by atoms with Gasteiger partial charge in [0.15, 0.2) is 12.1 Å². The summed E-state index contributed by atoms with van der Waals surface area (Å²) in [5.41, 5.74) is 0.114. The highest BCUT2D eigenvalue weighted by molar-refractivity contribution is 6.12. The molecule has 54 heavy (non-hydrogen) atoms. The van der Waals surface area contributed by atoms with Crippen molar-refractivity contribution in [2.45, 2.75) is 114 Å². The number of piperidine rings is 1. The fraction of sp³-hybridized carbons (Fsp3) is 0.619. The van der Waals surface area contributed by atoms with Gasteiger partial charge in [-0.15, -0.1) is 0 Å². The molecule has 5 aliphatic rings. The van der Waals surface area contributed by atoms with Crippen molar-refractivity contribution in [3.05, 3.63) is 65.2 Å². The summed E-state index contributed by atoms with van der Waals surface area (Å²) in [4.78, 5) is 56.0. The summed E-state index contributed by atoms with van der Waals surface area (Å²) in [7, 11) is 0.